The Morgan fingerprint density at radius 1 is 1.44 bits per heavy atom. The molecule has 1 aliphatic rings. The first-order chi connectivity index (χ1) is 8.66. The van der Waals surface area contributed by atoms with Crippen molar-refractivity contribution in [1.29, 1.82) is 0 Å². The molecular formula is C13H17ClN2O2. The van der Waals surface area contributed by atoms with Gasteiger partial charge in [-0.3, -0.25) is 4.79 Å². The van der Waals surface area contributed by atoms with Crippen LogP contribution in [0.15, 0.2) is 24.3 Å². The molecule has 5 heteroatoms. The summed E-state index contributed by atoms with van der Waals surface area (Å²) >= 11 is 5.88. The van der Waals surface area contributed by atoms with Gasteiger partial charge >= 0.3 is 5.97 Å². The van der Waals surface area contributed by atoms with Gasteiger partial charge in [0.25, 0.3) is 0 Å². The molecule has 1 aliphatic heterocycles. The lowest BCUT2D eigenvalue weighted by atomic mass is 10.1. The van der Waals surface area contributed by atoms with Crippen LogP contribution >= 0.6 is 11.6 Å². The number of nitrogens with one attached hydrogen (secondary N) is 1. The predicted molar refractivity (Wildman–Crippen MR) is 72.3 cm³/mol. The number of benzene rings is 1. The fourth-order valence-corrected chi connectivity index (χ4v) is 2.42. The summed E-state index contributed by atoms with van der Waals surface area (Å²) in [4.78, 5) is 13.1. The zero-order valence-electron chi connectivity index (χ0n) is 10.1. The first kappa shape index (κ1) is 13.2. The maximum absolute atomic E-state index is 10.9. The molecule has 1 aromatic carbocycles. The van der Waals surface area contributed by atoms with E-state index in [1.807, 2.05) is 24.3 Å². The molecule has 1 heterocycles. The van der Waals surface area contributed by atoms with Gasteiger partial charge in [-0.1, -0.05) is 11.6 Å². The summed E-state index contributed by atoms with van der Waals surface area (Å²) in [5, 5.41) is 13.0. The van der Waals surface area contributed by atoms with Gasteiger partial charge in [-0.25, -0.2) is 0 Å². The zero-order chi connectivity index (χ0) is 13.0. The van der Waals surface area contributed by atoms with Crippen molar-refractivity contribution in [2.75, 3.05) is 24.5 Å². The molecule has 1 atom stereocenters. The van der Waals surface area contributed by atoms with Crippen molar-refractivity contribution in [3.05, 3.63) is 29.3 Å². The van der Waals surface area contributed by atoms with Crippen LogP contribution in [0.1, 0.15) is 12.8 Å². The third-order valence-electron chi connectivity index (χ3n) is 3.14. The molecule has 0 amide bonds. The molecule has 1 aromatic rings. The standard InChI is InChI=1S/C13H17ClN2O2/c14-10-2-4-11(5-3-10)16-7-1-6-15-9-12(16)8-13(17)18/h2-5,12,15H,1,6-9H2,(H,17,18). The lowest BCUT2D eigenvalue weighted by Crippen LogP contribution is -2.41. The highest BCUT2D eigenvalue weighted by molar-refractivity contribution is 6.30. The van der Waals surface area contributed by atoms with Crippen molar-refractivity contribution in [2.24, 2.45) is 0 Å². The summed E-state index contributed by atoms with van der Waals surface area (Å²) in [6, 6.07) is 7.57. The maximum Gasteiger partial charge on any atom is 0.305 e. The smallest absolute Gasteiger partial charge is 0.305 e. The number of halogens is 1. The number of hydrogen-bond donors (Lipinski definition) is 2. The van der Waals surface area contributed by atoms with Crippen molar-refractivity contribution in [3.8, 4) is 0 Å². The Labute approximate surface area is 112 Å². The Hall–Kier alpha value is -1.26. The molecule has 0 saturated carbocycles. The van der Waals surface area contributed by atoms with Gasteiger partial charge in [-0.2, -0.15) is 0 Å². The SMILES string of the molecule is O=C(O)CC1CNCCCN1c1ccc(Cl)cc1. The number of carbonyl (C=O) groups is 1. The van der Waals surface area contributed by atoms with Gasteiger partial charge in [-0.05, 0) is 37.2 Å². The molecule has 1 saturated heterocycles. The van der Waals surface area contributed by atoms with Crippen molar-refractivity contribution < 1.29 is 9.90 Å². The van der Waals surface area contributed by atoms with Crippen molar-refractivity contribution in [2.45, 2.75) is 18.9 Å². The third kappa shape index (κ3) is 3.37. The van der Waals surface area contributed by atoms with Crippen LogP contribution < -0.4 is 10.2 Å². The van der Waals surface area contributed by atoms with Gasteiger partial charge in [0.05, 0.1) is 12.5 Å². The quantitative estimate of drug-likeness (QED) is 0.880. The minimum absolute atomic E-state index is 0.00817. The number of rotatable bonds is 3. The predicted octanol–water partition coefficient (Wildman–Crippen LogP) is 1.98. The molecule has 18 heavy (non-hydrogen) atoms. The van der Waals surface area contributed by atoms with Crippen LogP contribution in [0.4, 0.5) is 5.69 Å². The van der Waals surface area contributed by atoms with Gasteiger partial charge < -0.3 is 15.3 Å². The van der Waals surface area contributed by atoms with E-state index in [1.54, 1.807) is 0 Å². The van der Waals surface area contributed by atoms with Gasteiger partial charge in [0, 0.05) is 23.8 Å². The second kappa shape index (κ2) is 6.07. The fourth-order valence-electron chi connectivity index (χ4n) is 2.29. The van der Waals surface area contributed by atoms with E-state index in [1.165, 1.54) is 0 Å². The van der Waals surface area contributed by atoms with Gasteiger partial charge in [0.1, 0.15) is 0 Å². The Balaban J connectivity index is 2.19. The normalized spacial score (nSPS) is 20.5. The average Bonchev–Trinajstić information content (AvgIpc) is 2.55. The van der Waals surface area contributed by atoms with Gasteiger partial charge in [-0.15, -0.1) is 0 Å². The maximum atomic E-state index is 10.9. The highest BCUT2D eigenvalue weighted by Gasteiger charge is 2.23. The number of nitrogens with zero attached hydrogens (tertiary/aromatic N) is 1. The summed E-state index contributed by atoms with van der Waals surface area (Å²) in [5.74, 6) is -0.761. The van der Waals surface area contributed by atoms with Crippen LogP contribution in [0.2, 0.25) is 5.02 Å². The van der Waals surface area contributed by atoms with Crippen LogP contribution in [0.3, 0.4) is 0 Å². The van der Waals surface area contributed by atoms with Crippen LogP contribution in [0, 0.1) is 0 Å². The largest absolute Gasteiger partial charge is 0.481 e. The lowest BCUT2D eigenvalue weighted by Gasteiger charge is -2.31. The van der Waals surface area contributed by atoms with Crippen molar-refractivity contribution in [1.82, 2.24) is 5.32 Å². The molecule has 0 bridgehead atoms. The van der Waals surface area contributed by atoms with E-state index in [9.17, 15) is 4.79 Å². The van der Waals surface area contributed by atoms with Crippen molar-refractivity contribution in [3.63, 3.8) is 0 Å². The zero-order valence-corrected chi connectivity index (χ0v) is 10.9. The van der Waals surface area contributed by atoms with E-state index in [0.717, 1.165) is 25.2 Å². The minimum Gasteiger partial charge on any atom is -0.481 e. The van der Waals surface area contributed by atoms with E-state index >= 15 is 0 Å². The van der Waals surface area contributed by atoms with Crippen LogP contribution in [0.25, 0.3) is 0 Å². The van der Waals surface area contributed by atoms with E-state index in [4.69, 9.17) is 16.7 Å². The van der Waals surface area contributed by atoms with E-state index in [0.29, 0.717) is 11.6 Å². The summed E-state index contributed by atoms with van der Waals surface area (Å²) in [7, 11) is 0. The highest BCUT2D eigenvalue weighted by atomic mass is 35.5. The average molecular weight is 269 g/mol. The summed E-state index contributed by atoms with van der Waals surface area (Å²) in [6.45, 7) is 2.50. The second-order valence-corrected chi connectivity index (χ2v) is 4.92. The minimum atomic E-state index is -0.761. The van der Waals surface area contributed by atoms with E-state index < -0.39 is 5.97 Å². The van der Waals surface area contributed by atoms with Crippen molar-refractivity contribution >= 4 is 23.3 Å². The summed E-state index contributed by atoms with van der Waals surface area (Å²) in [5.41, 5.74) is 1.04. The van der Waals surface area contributed by atoms with Crippen LogP contribution in [0.5, 0.6) is 0 Å². The van der Waals surface area contributed by atoms with Crippen LogP contribution in [-0.4, -0.2) is 36.8 Å². The first-order valence-corrected chi connectivity index (χ1v) is 6.49. The molecule has 0 aromatic heterocycles. The monoisotopic (exact) mass is 268 g/mol. The Morgan fingerprint density at radius 2 is 2.17 bits per heavy atom. The molecule has 0 radical (unpaired) electrons. The fraction of sp³-hybridized carbons (Fsp3) is 0.462. The topological polar surface area (TPSA) is 52.6 Å². The number of carboxylic acid groups (broad SMARTS) is 1. The van der Waals surface area contributed by atoms with Crippen LogP contribution in [-0.2, 0) is 4.79 Å². The number of hydrogen-bond acceptors (Lipinski definition) is 3. The molecule has 2 N–H and O–H groups in total. The van der Waals surface area contributed by atoms with E-state index in [-0.39, 0.29) is 12.5 Å². The Bertz CT molecular complexity index is 408. The highest BCUT2D eigenvalue weighted by Crippen LogP contribution is 2.22. The van der Waals surface area contributed by atoms with Gasteiger partial charge in [0.2, 0.25) is 0 Å². The number of anilines is 1. The summed E-state index contributed by atoms with van der Waals surface area (Å²) in [6.07, 6.45) is 1.16. The third-order valence-corrected chi connectivity index (χ3v) is 3.39. The van der Waals surface area contributed by atoms with Gasteiger partial charge in [0.15, 0.2) is 0 Å². The number of aliphatic carboxylic acids is 1. The second-order valence-electron chi connectivity index (χ2n) is 4.48. The first-order valence-electron chi connectivity index (χ1n) is 6.11. The van der Waals surface area contributed by atoms with E-state index in [2.05, 4.69) is 10.2 Å². The molecule has 98 valence electrons. The Morgan fingerprint density at radius 3 is 2.83 bits per heavy atom. The summed E-state index contributed by atoms with van der Waals surface area (Å²) < 4.78 is 0. The molecule has 0 spiro atoms. The molecular weight excluding hydrogens is 252 g/mol. The molecule has 4 nitrogen and oxygen atoms in total. The molecule has 0 aliphatic carbocycles. The lowest BCUT2D eigenvalue weighted by molar-refractivity contribution is -0.137. The Kier molecular flexibility index (Phi) is 4.44. The molecule has 1 fully saturated rings. The molecule has 2 rings (SSSR count). The molecule has 1 unspecified atom stereocenters. The number of carboxylic acids is 1.